The minimum Gasteiger partial charge on any atom is -0.398 e. The largest absolute Gasteiger partial charge is 0.398 e. The summed E-state index contributed by atoms with van der Waals surface area (Å²) in [5.74, 6) is 0. The molecule has 0 radical (unpaired) electrons. The monoisotopic (exact) mass is 235 g/mol. The Morgan fingerprint density at radius 3 is 2.82 bits per heavy atom. The van der Waals surface area contributed by atoms with E-state index >= 15 is 0 Å². The molecule has 1 aromatic carbocycles. The second-order valence-electron chi connectivity index (χ2n) is 3.82. The molecule has 92 valence electrons. The van der Waals surface area contributed by atoms with Gasteiger partial charge < -0.3 is 11.1 Å². The zero-order chi connectivity index (χ0) is 12.8. The van der Waals surface area contributed by atoms with Crippen LogP contribution in [0.1, 0.15) is 17.5 Å². The van der Waals surface area contributed by atoms with Gasteiger partial charge in [0.15, 0.2) is 0 Å². The highest BCUT2D eigenvalue weighted by atomic mass is 16.6. The number of rotatable bonds is 5. The predicted octanol–water partition coefficient (Wildman–Crippen LogP) is 2.11. The van der Waals surface area contributed by atoms with E-state index in [4.69, 9.17) is 5.73 Å². The number of nitrogens with zero attached hydrogens (tertiary/aromatic N) is 1. The van der Waals surface area contributed by atoms with Gasteiger partial charge in [0.2, 0.25) is 0 Å². The molecule has 0 aromatic heterocycles. The quantitative estimate of drug-likeness (QED) is 0.354. The van der Waals surface area contributed by atoms with E-state index < -0.39 is 4.92 Å². The maximum atomic E-state index is 10.7. The van der Waals surface area contributed by atoms with Crippen molar-refractivity contribution >= 4 is 17.5 Å². The fraction of sp³-hybridized carbons (Fsp3) is 0.333. The number of nitrogen functional groups attached to an aromatic ring is 1. The molecule has 3 N–H and O–H groups in total. The fourth-order valence-electron chi connectivity index (χ4n) is 1.51. The summed E-state index contributed by atoms with van der Waals surface area (Å²) in [5.41, 5.74) is 7.72. The topological polar surface area (TPSA) is 81.2 Å². The SMILES string of the molecule is CNCCC=Cc1cc(C)c([N+](=O)[O-])cc1N. The molecule has 0 saturated heterocycles. The molecule has 0 saturated carbocycles. The van der Waals surface area contributed by atoms with Crippen molar-refractivity contribution in [1.82, 2.24) is 5.32 Å². The molecular weight excluding hydrogens is 218 g/mol. The number of nitrogens with two attached hydrogens (primary N) is 1. The van der Waals surface area contributed by atoms with Crippen LogP contribution in [0.3, 0.4) is 0 Å². The van der Waals surface area contributed by atoms with Gasteiger partial charge in [-0.15, -0.1) is 0 Å². The number of nitrogens with one attached hydrogen (secondary N) is 1. The van der Waals surface area contributed by atoms with E-state index in [2.05, 4.69) is 5.32 Å². The van der Waals surface area contributed by atoms with Crippen LogP contribution < -0.4 is 11.1 Å². The molecule has 0 spiro atoms. The number of hydrogen-bond donors (Lipinski definition) is 2. The molecule has 1 rings (SSSR count). The van der Waals surface area contributed by atoms with Gasteiger partial charge in [-0.25, -0.2) is 0 Å². The lowest BCUT2D eigenvalue weighted by Gasteiger charge is -2.03. The lowest BCUT2D eigenvalue weighted by molar-refractivity contribution is -0.385. The fourth-order valence-corrected chi connectivity index (χ4v) is 1.51. The van der Waals surface area contributed by atoms with Crippen molar-refractivity contribution in [1.29, 1.82) is 0 Å². The highest BCUT2D eigenvalue weighted by Gasteiger charge is 2.12. The number of hydrogen-bond acceptors (Lipinski definition) is 4. The Morgan fingerprint density at radius 1 is 1.53 bits per heavy atom. The standard InChI is InChI=1S/C12H17N3O2/c1-9-7-10(5-3-4-6-14-2)11(13)8-12(9)15(16)17/h3,5,7-8,14H,4,6,13H2,1-2H3. The van der Waals surface area contributed by atoms with E-state index in [0.29, 0.717) is 11.3 Å². The molecule has 1 aromatic rings. The van der Waals surface area contributed by atoms with Gasteiger partial charge in [0, 0.05) is 17.3 Å². The second kappa shape index (κ2) is 6.00. The molecule has 5 heteroatoms. The van der Waals surface area contributed by atoms with E-state index in [1.807, 2.05) is 19.2 Å². The molecule has 0 bridgehead atoms. The number of nitro groups is 1. The van der Waals surface area contributed by atoms with Gasteiger partial charge >= 0.3 is 0 Å². The first-order valence-corrected chi connectivity index (χ1v) is 5.42. The molecule has 0 unspecified atom stereocenters. The van der Waals surface area contributed by atoms with Crippen LogP contribution in [0, 0.1) is 17.0 Å². The van der Waals surface area contributed by atoms with E-state index in [1.54, 1.807) is 13.0 Å². The van der Waals surface area contributed by atoms with Gasteiger partial charge in [0.05, 0.1) is 4.92 Å². The number of anilines is 1. The van der Waals surface area contributed by atoms with Crippen molar-refractivity contribution < 1.29 is 4.92 Å². The third-order valence-corrected chi connectivity index (χ3v) is 2.46. The smallest absolute Gasteiger partial charge is 0.274 e. The van der Waals surface area contributed by atoms with Crippen molar-refractivity contribution in [2.45, 2.75) is 13.3 Å². The second-order valence-corrected chi connectivity index (χ2v) is 3.82. The van der Waals surface area contributed by atoms with Crippen LogP contribution in [0.25, 0.3) is 6.08 Å². The summed E-state index contributed by atoms with van der Waals surface area (Å²) in [6, 6.07) is 3.15. The third kappa shape index (κ3) is 3.57. The molecular formula is C12H17N3O2. The molecule has 17 heavy (non-hydrogen) atoms. The van der Waals surface area contributed by atoms with E-state index in [1.165, 1.54) is 6.07 Å². The molecule has 0 amide bonds. The lowest BCUT2D eigenvalue weighted by atomic mass is 10.1. The van der Waals surface area contributed by atoms with Gasteiger partial charge in [-0.05, 0) is 38.6 Å². The Morgan fingerprint density at radius 2 is 2.24 bits per heavy atom. The Bertz CT molecular complexity index is 442. The average Bonchev–Trinajstić information content (AvgIpc) is 2.28. The molecule has 0 heterocycles. The lowest BCUT2D eigenvalue weighted by Crippen LogP contribution is -2.05. The Hall–Kier alpha value is -1.88. The summed E-state index contributed by atoms with van der Waals surface area (Å²) < 4.78 is 0. The molecule has 0 fully saturated rings. The summed E-state index contributed by atoms with van der Waals surface area (Å²) in [6.45, 7) is 2.60. The Kier molecular flexibility index (Phi) is 4.66. The number of nitro benzene ring substituents is 1. The van der Waals surface area contributed by atoms with Gasteiger partial charge in [0.25, 0.3) is 5.69 Å². The van der Waals surface area contributed by atoms with E-state index in [-0.39, 0.29) is 5.69 Å². The number of benzene rings is 1. The molecule has 0 atom stereocenters. The summed E-state index contributed by atoms with van der Waals surface area (Å²) in [7, 11) is 1.89. The number of aryl methyl sites for hydroxylation is 1. The van der Waals surface area contributed by atoms with Crippen LogP contribution in [0.15, 0.2) is 18.2 Å². The summed E-state index contributed by atoms with van der Waals surface area (Å²) in [5, 5.41) is 13.7. The van der Waals surface area contributed by atoms with Crippen molar-refractivity contribution in [3.8, 4) is 0 Å². The van der Waals surface area contributed by atoms with Crippen LogP contribution in [-0.4, -0.2) is 18.5 Å². The predicted molar refractivity (Wildman–Crippen MR) is 69.8 cm³/mol. The molecule has 0 aliphatic heterocycles. The van der Waals surface area contributed by atoms with Crippen LogP contribution in [-0.2, 0) is 0 Å². The van der Waals surface area contributed by atoms with E-state index in [0.717, 1.165) is 18.5 Å². The first kappa shape index (κ1) is 13.2. The summed E-state index contributed by atoms with van der Waals surface area (Å²) in [4.78, 5) is 10.3. The highest BCUT2D eigenvalue weighted by molar-refractivity contribution is 5.69. The third-order valence-electron chi connectivity index (χ3n) is 2.46. The Labute approximate surface area is 100 Å². The van der Waals surface area contributed by atoms with Crippen LogP contribution in [0.2, 0.25) is 0 Å². The average molecular weight is 235 g/mol. The first-order valence-electron chi connectivity index (χ1n) is 5.42. The maximum absolute atomic E-state index is 10.7. The van der Waals surface area contributed by atoms with Gasteiger partial charge in [-0.1, -0.05) is 12.2 Å². The Balaban J connectivity index is 2.92. The molecule has 0 aliphatic carbocycles. The minimum absolute atomic E-state index is 0.0647. The minimum atomic E-state index is -0.416. The van der Waals surface area contributed by atoms with Crippen molar-refractivity contribution in [2.75, 3.05) is 19.3 Å². The highest BCUT2D eigenvalue weighted by Crippen LogP contribution is 2.25. The van der Waals surface area contributed by atoms with Gasteiger partial charge in [-0.2, -0.15) is 0 Å². The zero-order valence-electron chi connectivity index (χ0n) is 10.1. The summed E-state index contributed by atoms with van der Waals surface area (Å²) >= 11 is 0. The first-order chi connectivity index (χ1) is 8.06. The van der Waals surface area contributed by atoms with Crippen LogP contribution in [0.5, 0.6) is 0 Å². The maximum Gasteiger partial charge on any atom is 0.274 e. The van der Waals surface area contributed by atoms with Crippen molar-refractivity contribution in [2.24, 2.45) is 0 Å². The molecule has 5 nitrogen and oxygen atoms in total. The normalized spacial score (nSPS) is 10.9. The van der Waals surface area contributed by atoms with Crippen molar-refractivity contribution in [3.05, 3.63) is 39.4 Å². The van der Waals surface area contributed by atoms with Crippen LogP contribution >= 0.6 is 0 Å². The van der Waals surface area contributed by atoms with Gasteiger partial charge in [-0.3, -0.25) is 10.1 Å². The van der Waals surface area contributed by atoms with Crippen LogP contribution in [0.4, 0.5) is 11.4 Å². The summed E-state index contributed by atoms with van der Waals surface area (Å²) in [6.07, 6.45) is 4.78. The van der Waals surface area contributed by atoms with Crippen molar-refractivity contribution in [3.63, 3.8) is 0 Å². The molecule has 0 aliphatic rings. The zero-order valence-corrected chi connectivity index (χ0v) is 10.1. The van der Waals surface area contributed by atoms with E-state index in [9.17, 15) is 10.1 Å². The van der Waals surface area contributed by atoms with Gasteiger partial charge in [0.1, 0.15) is 0 Å².